The van der Waals surface area contributed by atoms with Crippen molar-refractivity contribution < 1.29 is 14.3 Å². The molecule has 5 heteroatoms. The molecule has 1 heterocycles. The number of ether oxygens (including phenoxy) is 1. The summed E-state index contributed by atoms with van der Waals surface area (Å²) in [6.07, 6.45) is 4.52. The lowest BCUT2D eigenvalue weighted by Crippen LogP contribution is -2.34. The van der Waals surface area contributed by atoms with Gasteiger partial charge in [-0.25, -0.2) is 0 Å². The summed E-state index contributed by atoms with van der Waals surface area (Å²) in [7, 11) is 0. The van der Waals surface area contributed by atoms with Crippen molar-refractivity contribution in [3.63, 3.8) is 0 Å². The maximum Gasteiger partial charge on any atom is 0.154 e. The fraction of sp³-hybridized carbons (Fsp3) is 0.364. The predicted octanol–water partition coefficient (Wildman–Crippen LogP) is 4.61. The molecule has 0 N–H and O–H groups in total. The van der Waals surface area contributed by atoms with E-state index in [4.69, 9.17) is 16.3 Å². The van der Waals surface area contributed by atoms with Crippen molar-refractivity contribution in [2.24, 2.45) is 0 Å². The molecule has 2 aromatic carbocycles. The molecule has 0 unspecified atom stereocenters. The van der Waals surface area contributed by atoms with E-state index in [-0.39, 0.29) is 0 Å². The molecule has 2 aromatic rings. The first-order chi connectivity index (χ1) is 13.2. The molecule has 0 radical (unpaired) electrons. The van der Waals surface area contributed by atoms with Gasteiger partial charge in [-0.15, -0.1) is 0 Å². The van der Waals surface area contributed by atoms with Crippen LogP contribution in [0.15, 0.2) is 42.5 Å². The van der Waals surface area contributed by atoms with Gasteiger partial charge in [0.15, 0.2) is 12.6 Å². The first-order valence-electron chi connectivity index (χ1n) is 9.35. The van der Waals surface area contributed by atoms with E-state index < -0.39 is 0 Å². The van der Waals surface area contributed by atoms with Crippen LogP contribution in [0.25, 0.3) is 0 Å². The predicted molar refractivity (Wildman–Crippen MR) is 107 cm³/mol. The Bertz CT molecular complexity index is 785. The van der Waals surface area contributed by atoms with Gasteiger partial charge < -0.3 is 9.64 Å². The Morgan fingerprint density at radius 1 is 1.07 bits per heavy atom. The van der Waals surface area contributed by atoms with Crippen molar-refractivity contribution in [3.05, 3.63) is 64.2 Å². The van der Waals surface area contributed by atoms with Crippen LogP contribution in [0.2, 0.25) is 5.02 Å². The molecule has 1 aliphatic rings. The molecule has 1 aliphatic heterocycles. The van der Waals surface area contributed by atoms with Gasteiger partial charge in [-0.1, -0.05) is 35.9 Å². The molecule has 1 fully saturated rings. The SMILES string of the molecule is O=Cc1cccc(OCCCN2CCC(c3cccc(Cl)c3)CC2)c1C=O. The van der Waals surface area contributed by atoms with Gasteiger partial charge in [0.1, 0.15) is 5.75 Å². The lowest BCUT2D eigenvalue weighted by Gasteiger charge is -2.32. The van der Waals surface area contributed by atoms with Crippen molar-refractivity contribution in [1.82, 2.24) is 4.90 Å². The van der Waals surface area contributed by atoms with Crippen LogP contribution in [-0.4, -0.2) is 43.7 Å². The van der Waals surface area contributed by atoms with E-state index in [1.165, 1.54) is 5.56 Å². The van der Waals surface area contributed by atoms with E-state index >= 15 is 0 Å². The molecule has 0 amide bonds. The highest BCUT2D eigenvalue weighted by Gasteiger charge is 2.20. The van der Waals surface area contributed by atoms with Crippen molar-refractivity contribution in [3.8, 4) is 5.75 Å². The molecule has 142 valence electrons. The summed E-state index contributed by atoms with van der Waals surface area (Å²) in [6, 6.07) is 13.3. The van der Waals surface area contributed by atoms with Crippen LogP contribution >= 0.6 is 11.6 Å². The monoisotopic (exact) mass is 385 g/mol. The van der Waals surface area contributed by atoms with E-state index in [9.17, 15) is 9.59 Å². The van der Waals surface area contributed by atoms with Gasteiger partial charge in [0.2, 0.25) is 0 Å². The van der Waals surface area contributed by atoms with Crippen molar-refractivity contribution >= 4 is 24.2 Å². The Morgan fingerprint density at radius 3 is 2.56 bits per heavy atom. The summed E-state index contributed by atoms with van der Waals surface area (Å²) in [5, 5.41) is 0.806. The van der Waals surface area contributed by atoms with Crippen LogP contribution in [0.4, 0.5) is 0 Å². The van der Waals surface area contributed by atoms with E-state index in [1.54, 1.807) is 18.2 Å². The zero-order valence-corrected chi connectivity index (χ0v) is 16.0. The Kier molecular flexibility index (Phi) is 7.02. The molecule has 27 heavy (non-hydrogen) atoms. The average Bonchev–Trinajstić information content (AvgIpc) is 2.71. The summed E-state index contributed by atoms with van der Waals surface area (Å²) >= 11 is 6.10. The quantitative estimate of drug-likeness (QED) is 0.491. The summed E-state index contributed by atoms with van der Waals surface area (Å²) in [4.78, 5) is 24.6. The topological polar surface area (TPSA) is 46.6 Å². The highest BCUT2D eigenvalue weighted by molar-refractivity contribution is 6.30. The van der Waals surface area contributed by atoms with E-state index in [0.717, 1.165) is 43.9 Å². The molecular weight excluding hydrogens is 362 g/mol. The lowest BCUT2D eigenvalue weighted by molar-refractivity contribution is 0.109. The minimum atomic E-state index is 0.329. The summed E-state index contributed by atoms with van der Waals surface area (Å²) < 4.78 is 5.73. The maximum absolute atomic E-state index is 11.2. The number of piperidine rings is 1. The fourth-order valence-corrected chi connectivity index (χ4v) is 3.84. The van der Waals surface area contributed by atoms with E-state index in [2.05, 4.69) is 17.0 Å². The first-order valence-corrected chi connectivity index (χ1v) is 9.73. The molecule has 0 atom stereocenters. The van der Waals surface area contributed by atoms with Crippen molar-refractivity contribution in [2.45, 2.75) is 25.2 Å². The summed E-state index contributed by atoms with van der Waals surface area (Å²) in [6.45, 7) is 3.62. The van der Waals surface area contributed by atoms with Gasteiger partial charge in [-0.2, -0.15) is 0 Å². The summed E-state index contributed by atoms with van der Waals surface area (Å²) in [5.74, 6) is 1.06. The molecular formula is C22H24ClNO3. The first kappa shape index (κ1) is 19.6. The number of aldehydes is 2. The van der Waals surface area contributed by atoms with Gasteiger partial charge in [-0.05, 0) is 62.0 Å². The third-order valence-corrected chi connectivity index (χ3v) is 5.36. The number of rotatable bonds is 8. The van der Waals surface area contributed by atoms with E-state index in [0.29, 0.717) is 42.0 Å². The number of halogens is 1. The van der Waals surface area contributed by atoms with Gasteiger partial charge in [0.25, 0.3) is 0 Å². The third-order valence-electron chi connectivity index (χ3n) is 5.13. The van der Waals surface area contributed by atoms with Crippen molar-refractivity contribution in [1.29, 1.82) is 0 Å². The number of hydrogen-bond donors (Lipinski definition) is 0. The molecule has 1 saturated heterocycles. The fourth-order valence-electron chi connectivity index (χ4n) is 3.64. The van der Waals surface area contributed by atoms with Crippen LogP contribution in [0, 0.1) is 0 Å². The highest BCUT2D eigenvalue weighted by Crippen LogP contribution is 2.29. The molecule has 0 aliphatic carbocycles. The molecule has 0 bridgehead atoms. The zero-order chi connectivity index (χ0) is 19.1. The second kappa shape index (κ2) is 9.67. The Hall–Kier alpha value is -2.17. The second-order valence-corrected chi connectivity index (χ2v) is 7.30. The normalized spacial score (nSPS) is 15.4. The van der Waals surface area contributed by atoms with Crippen LogP contribution in [-0.2, 0) is 0 Å². The number of likely N-dealkylation sites (tertiary alicyclic amines) is 1. The van der Waals surface area contributed by atoms with Crippen molar-refractivity contribution in [2.75, 3.05) is 26.2 Å². The number of nitrogens with zero attached hydrogens (tertiary/aromatic N) is 1. The lowest BCUT2D eigenvalue weighted by atomic mass is 9.89. The molecule has 0 spiro atoms. The second-order valence-electron chi connectivity index (χ2n) is 6.87. The standard InChI is InChI=1S/C22H24ClNO3/c23-20-6-1-4-18(14-20)17-8-11-24(12-9-17)10-3-13-27-22-7-2-5-19(15-25)21(22)16-26/h1-2,4-7,14-17H,3,8-13H2. The largest absolute Gasteiger partial charge is 0.493 e. The van der Waals surface area contributed by atoms with Crippen LogP contribution in [0.1, 0.15) is 51.5 Å². The minimum Gasteiger partial charge on any atom is -0.493 e. The molecule has 4 nitrogen and oxygen atoms in total. The number of carbonyl (C=O) groups excluding carboxylic acids is 2. The van der Waals surface area contributed by atoms with Gasteiger partial charge in [-0.3, -0.25) is 9.59 Å². The van der Waals surface area contributed by atoms with Gasteiger partial charge >= 0.3 is 0 Å². The number of hydrogen-bond acceptors (Lipinski definition) is 4. The smallest absolute Gasteiger partial charge is 0.154 e. The minimum absolute atomic E-state index is 0.329. The van der Waals surface area contributed by atoms with Crippen LogP contribution in [0.5, 0.6) is 5.75 Å². The molecule has 0 saturated carbocycles. The molecule has 3 rings (SSSR count). The molecule has 0 aromatic heterocycles. The van der Waals surface area contributed by atoms with Crippen LogP contribution in [0.3, 0.4) is 0 Å². The number of carbonyl (C=O) groups is 2. The highest BCUT2D eigenvalue weighted by atomic mass is 35.5. The van der Waals surface area contributed by atoms with E-state index in [1.807, 2.05) is 12.1 Å². The maximum atomic E-state index is 11.2. The zero-order valence-electron chi connectivity index (χ0n) is 15.3. The Morgan fingerprint density at radius 2 is 1.85 bits per heavy atom. The number of benzene rings is 2. The van der Waals surface area contributed by atoms with Gasteiger partial charge in [0.05, 0.1) is 12.2 Å². The van der Waals surface area contributed by atoms with Gasteiger partial charge in [0, 0.05) is 17.1 Å². The van der Waals surface area contributed by atoms with Crippen LogP contribution < -0.4 is 4.74 Å². The average molecular weight is 386 g/mol. The Labute approximate surface area is 165 Å². The Balaban J connectivity index is 1.42. The summed E-state index contributed by atoms with van der Waals surface area (Å²) in [5.41, 5.74) is 2.03. The third kappa shape index (κ3) is 5.18.